The van der Waals surface area contributed by atoms with E-state index in [9.17, 15) is 5.11 Å². The normalized spacial score (nSPS) is 13.9. The van der Waals surface area contributed by atoms with E-state index in [1.807, 2.05) is 44.2 Å². The standard InChI is InChI=1S/C18H27NO/c1-5-19(6-2)15-11-10-14-18(20,16(3)4)17-12-8-7-9-13-17/h7-9,12-13,16,20H,5-6,14-15H2,1-4H3/t18-/m0/s1. The van der Waals surface area contributed by atoms with Crippen LogP contribution in [0.25, 0.3) is 0 Å². The quantitative estimate of drug-likeness (QED) is 0.804. The van der Waals surface area contributed by atoms with Crippen molar-refractivity contribution in [3.8, 4) is 11.8 Å². The largest absolute Gasteiger partial charge is 0.384 e. The molecule has 0 aliphatic carbocycles. The Morgan fingerprint density at radius 1 is 1.10 bits per heavy atom. The molecule has 110 valence electrons. The molecule has 1 rings (SSSR count). The SMILES string of the molecule is CCN(CC)CC#CC[C@@](O)(c1ccccc1)C(C)C. The first-order valence-corrected chi connectivity index (χ1v) is 7.50. The molecule has 0 spiro atoms. The van der Waals surface area contributed by atoms with Crippen molar-refractivity contribution in [3.05, 3.63) is 35.9 Å². The van der Waals surface area contributed by atoms with E-state index < -0.39 is 5.60 Å². The second-order valence-electron chi connectivity index (χ2n) is 5.44. The molecule has 1 aromatic rings. The van der Waals surface area contributed by atoms with Gasteiger partial charge in [0.1, 0.15) is 5.60 Å². The highest BCUT2D eigenvalue weighted by atomic mass is 16.3. The van der Waals surface area contributed by atoms with Gasteiger partial charge in [-0.05, 0) is 24.6 Å². The minimum Gasteiger partial charge on any atom is -0.384 e. The highest BCUT2D eigenvalue weighted by Gasteiger charge is 2.31. The Bertz CT molecular complexity index is 439. The van der Waals surface area contributed by atoms with Gasteiger partial charge in [-0.3, -0.25) is 4.90 Å². The summed E-state index contributed by atoms with van der Waals surface area (Å²) in [6.07, 6.45) is 0.482. The number of hydrogen-bond donors (Lipinski definition) is 1. The van der Waals surface area contributed by atoms with Crippen LogP contribution >= 0.6 is 0 Å². The van der Waals surface area contributed by atoms with Gasteiger partial charge >= 0.3 is 0 Å². The van der Waals surface area contributed by atoms with Crippen molar-refractivity contribution in [2.75, 3.05) is 19.6 Å². The summed E-state index contributed by atoms with van der Waals surface area (Å²) < 4.78 is 0. The predicted octanol–water partition coefficient (Wildman–Crippen LogP) is 3.27. The van der Waals surface area contributed by atoms with E-state index >= 15 is 0 Å². The molecule has 0 saturated heterocycles. The smallest absolute Gasteiger partial charge is 0.103 e. The Labute approximate surface area is 123 Å². The molecule has 0 aliphatic heterocycles. The van der Waals surface area contributed by atoms with Gasteiger partial charge in [-0.15, -0.1) is 0 Å². The molecule has 1 aromatic carbocycles. The van der Waals surface area contributed by atoms with E-state index in [2.05, 4.69) is 30.6 Å². The van der Waals surface area contributed by atoms with E-state index in [1.165, 1.54) is 0 Å². The summed E-state index contributed by atoms with van der Waals surface area (Å²) in [4.78, 5) is 2.27. The van der Waals surface area contributed by atoms with Gasteiger partial charge in [0.15, 0.2) is 0 Å². The summed E-state index contributed by atoms with van der Waals surface area (Å²) in [7, 11) is 0. The van der Waals surface area contributed by atoms with Crippen LogP contribution in [0.4, 0.5) is 0 Å². The van der Waals surface area contributed by atoms with Crippen molar-refractivity contribution in [1.82, 2.24) is 4.90 Å². The van der Waals surface area contributed by atoms with Gasteiger partial charge in [0.05, 0.1) is 6.54 Å². The van der Waals surface area contributed by atoms with Gasteiger partial charge < -0.3 is 5.11 Å². The summed E-state index contributed by atoms with van der Waals surface area (Å²) >= 11 is 0. The number of hydrogen-bond acceptors (Lipinski definition) is 2. The molecule has 0 aliphatic rings. The average molecular weight is 273 g/mol. The Balaban J connectivity index is 2.77. The summed E-state index contributed by atoms with van der Waals surface area (Å²) in [5.74, 6) is 6.48. The van der Waals surface area contributed by atoms with Crippen molar-refractivity contribution in [1.29, 1.82) is 0 Å². The molecular formula is C18H27NO. The molecule has 0 saturated carbocycles. The molecule has 1 atom stereocenters. The number of benzene rings is 1. The highest BCUT2D eigenvalue weighted by Crippen LogP contribution is 2.32. The third kappa shape index (κ3) is 4.37. The van der Waals surface area contributed by atoms with E-state index in [0.717, 1.165) is 25.2 Å². The van der Waals surface area contributed by atoms with Crippen LogP contribution in [-0.2, 0) is 5.60 Å². The molecule has 0 fully saturated rings. The van der Waals surface area contributed by atoms with Crippen LogP contribution in [0, 0.1) is 17.8 Å². The Hall–Kier alpha value is -1.30. The predicted molar refractivity (Wildman–Crippen MR) is 85.4 cm³/mol. The third-order valence-corrected chi connectivity index (χ3v) is 3.91. The molecule has 2 nitrogen and oxygen atoms in total. The lowest BCUT2D eigenvalue weighted by molar-refractivity contribution is -0.00533. The number of rotatable bonds is 6. The first-order valence-electron chi connectivity index (χ1n) is 7.50. The first-order chi connectivity index (χ1) is 9.54. The number of aliphatic hydroxyl groups is 1. The van der Waals surface area contributed by atoms with Gasteiger partial charge in [-0.25, -0.2) is 0 Å². The van der Waals surface area contributed by atoms with Crippen LogP contribution in [0.2, 0.25) is 0 Å². The summed E-state index contributed by atoms with van der Waals surface area (Å²) in [6, 6.07) is 9.85. The average Bonchev–Trinajstić information content (AvgIpc) is 2.48. The van der Waals surface area contributed by atoms with E-state index in [4.69, 9.17) is 0 Å². The second-order valence-corrected chi connectivity index (χ2v) is 5.44. The van der Waals surface area contributed by atoms with Crippen LogP contribution in [0.15, 0.2) is 30.3 Å². The van der Waals surface area contributed by atoms with Crippen molar-refractivity contribution in [3.63, 3.8) is 0 Å². The summed E-state index contributed by atoms with van der Waals surface area (Å²) in [5.41, 5.74) is 0.0875. The lowest BCUT2D eigenvalue weighted by Gasteiger charge is -2.31. The Kier molecular flexibility index (Phi) is 6.78. The Morgan fingerprint density at radius 2 is 1.70 bits per heavy atom. The van der Waals surface area contributed by atoms with Crippen LogP contribution in [0.3, 0.4) is 0 Å². The number of nitrogens with zero attached hydrogens (tertiary/aromatic N) is 1. The lowest BCUT2D eigenvalue weighted by Crippen LogP contribution is -2.31. The van der Waals surface area contributed by atoms with Crippen LogP contribution in [-0.4, -0.2) is 29.6 Å². The lowest BCUT2D eigenvalue weighted by atomic mass is 9.81. The zero-order chi connectivity index (χ0) is 15.0. The fourth-order valence-electron chi connectivity index (χ4n) is 2.18. The molecule has 0 amide bonds. The summed E-state index contributed by atoms with van der Waals surface area (Å²) in [6.45, 7) is 11.2. The third-order valence-electron chi connectivity index (χ3n) is 3.91. The van der Waals surface area contributed by atoms with Gasteiger partial charge in [0.25, 0.3) is 0 Å². The molecule has 1 N–H and O–H groups in total. The van der Waals surface area contributed by atoms with Crippen molar-refractivity contribution in [2.45, 2.75) is 39.7 Å². The van der Waals surface area contributed by atoms with Gasteiger partial charge in [-0.1, -0.05) is 69.9 Å². The minimum absolute atomic E-state index is 0.132. The fourth-order valence-corrected chi connectivity index (χ4v) is 2.18. The first kappa shape index (κ1) is 16.8. The maximum atomic E-state index is 10.9. The highest BCUT2D eigenvalue weighted by molar-refractivity contribution is 5.25. The minimum atomic E-state index is -0.864. The van der Waals surface area contributed by atoms with Crippen molar-refractivity contribution in [2.24, 2.45) is 5.92 Å². The van der Waals surface area contributed by atoms with E-state index in [-0.39, 0.29) is 5.92 Å². The maximum absolute atomic E-state index is 10.9. The summed E-state index contributed by atoms with van der Waals surface area (Å²) in [5, 5.41) is 10.9. The molecule has 0 radical (unpaired) electrons. The molecule has 0 heterocycles. The van der Waals surface area contributed by atoms with Crippen LogP contribution in [0.1, 0.15) is 39.7 Å². The fraction of sp³-hybridized carbons (Fsp3) is 0.556. The molecule has 2 heteroatoms. The monoisotopic (exact) mass is 273 g/mol. The maximum Gasteiger partial charge on any atom is 0.103 e. The topological polar surface area (TPSA) is 23.5 Å². The molecule has 0 bridgehead atoms. The van der Waals surface area contributed by atoms with Crippen molar-refractivity contribution >= 4 is 0 Å². The van der Waals surface area contributed by atoms with E-state index in [0.29, 0.717) is 6.42 Å². The molecule has 0 aromatic heterocycles. The van der Waals surface area contributed by atoms with Gasteiger partial charge in [-0.2, -0.15) is 0 Å². The van der Waals surface area contributed by atoms with Crippen molar-refractivity contribution < 1.29 is 5.11 Å². The second kappa shape index (κ2) is 8.09. The van der Waals surface area contributed by atoms with E-state index in [1.54, 1.807) is 0 Å². The Morgan fingerprint density at radius 3 is 2.20 bits per heavy atom. The van der Waals surface area contributed by atoms with Gasteiger partial charge in [0, 0.05) is 6.42 Å². The molecule has 20 heavy (non-hydrogen) atoms. The molecule has 0 unspecified atom stereocenters. The molecular weight excluding hydrogens is 246 g/mol. The zero-order valence-electron chi connectivity index (χ0n) is 13.2. The van der Waals surface area contributed by atoms with Gasteiger partial charge in [0.2, 0.25) is 0 Å². The van der Waals surface area contributed by atoms with Crippen LogP contribution < -0.4 is 0 Å². The van der Waals surface area contributed by atoms with Crippen LogP contribution in [0.5, 0.6) is 0 Å². The zero-order valence-corrected chi connectivity index (χ0v) is 13.2.